The lowest BCUT2D eigenvalue weighted by Gasteiger charge is -1.98. The maximum absolute atomic E-state index is 3.70. The van der Waals surface area contributed by atoms with Crippen molar-refractivity contribution in [2.75, 3.05) is 0 Å². The molecule has 0 nitrogen and oxygen atoms in total. The van der Waals surface area contributed by atoms with Crippen LogP contribution < -0.4 is 0 Å². The maximum Gasteiger partial charge on any atom is 0.0201 e. The minimum atomic E-state index is 0.918. The predicted molar refractivity (Wildman–Crippen MR) is 71.7 cm³/mol. The molecule has 0 fully saturated rings. The van der Waals surface area contributed by atoms with E-state index in [0.717, 1.165) is 17.3 Å². The van der Waals surface area contributed by atoms with Gasteiger partial charge in [0.1, 0.15) is 0 Å². The molecule has 0 saturated heterocycles. The smallest absolute Gasteiger partial charge is 0.0201 e. The lowest BCUT2D eigenvalue weighted by molar-refractivity contribution is 1.14. The first-order valence-electron chi connectivity index (χ1n) is 5.04. The Kier molecular flexibility index (Phi) is 14.1. The van der Waals surface area contributed by atoms with E-state index in [0.29, 0.717) is 0 Å². The molecule has 0 rings (SSSR count). The Morgan fingerprint density at radius 2 is 1.86 bits per heavy atom. The fourth-order valence-corrected chi connectivity index (χ4v) is 1.22. The van der Waals surface area contributed by atoms with Crippen LogP contribution in [0, 0.1) is 0 Å². The fourth-order valence-electron chi connectivity index (χ4n) is 0.804. The molecule has 0 atom stereocenters. The molecule has 0 saturated carbocycles. The molecule has 0 radical (unpaired) electrons. The summed E-state index contributed by atoms with van der Waals surface area (Å²) in [7, 11) is 0. The van der Waals surface area contributed by atoms with Crippen LogP contribution in [0.3, 0.4) is 0 Å². The molecule has 1 heteroatoms. The fraction of sp³-hybridized carbons (Fsp3) is 0.385. The highest BCUT2D eigenvalue weighted by molar-refractivity contribution is 9.11. The minimum absolute atomic E-state index is 0.918. The van der Waals surface area contributed by atoms with Gasteiger partial charge in [0.05, 0.1) is 0 Å². The molecule has 0 aromatic carbocycles. The molecule has 0 aromatic heterocycles. The summed E-state index contributed by atoms with van der Waals surface area (Å²) < 4.78 is 1.07. The highest BCUT2D eigenvalue weighted by Crippen LogP contribution is 2.17. The largest absolute Gasteiger partial charge is 0.103 e. The second-order valence-corrected chi connectivity index (χ2v) is 3.21. The van der Waals surface area contributed by atoms with Crippen LogP contribution in [0.1, 0.15) is 33.6 Å². The first-order chi connectivity index (χ1) is 6.76. The third-order valence-electron chi connectivity index (χ3n) is 1.49. The van der Waals surface area contributed by atoms with Crippen LogP contribution in [0.4, 0.5) is 0 Å². The van der Waals surface area contributed by atoms with Gasteiger partial charge in [0.2, 0.25) is 0 Å². The monoisotopic (exact) mass is 256 g/mol. The van der Waals surface area contributed by atoms with E-state index in [-0.39, 0.29) is 0 Å². The number of allylic oxidation sites excluding steroid dienone is 6. The molecule has 0 aliphatic rings. The van der Waals surface area contributed by atoms with E-state index in [1.54, 1.807) is 0 Å². The number of hydrogen-bond donors (Lipinski definition) is 0. The quantitative estimate of drug-likeness (QED) is 0.457. The van der Waals surface area contributed by atoms with Crippen LogP contribution in [0.25, 0.3) is 0 Å². The number of hydrogen-bond acceptors (Lipinski definition) is 0. The molecule has 0 amide bonds. The average molecular weight is 257 g/mol. The lowest BCUT2D eigenvalue weighted by atomic mass is 10.1. The Hall–Kier alpha value is -0.560. The van der Waals surface area contributed by atoms with E-state index in [1.165, 1.54) is 5.57 Å². The van der Waals surface area contributed by atoms with Gasteiger partial charge in [-0.3, -0.25) is 0 Å². The molecule has 80 valence electrons. The van der Waals surface area contributed by atoms with Crippen LogP contribution in [0.15, 0.2) is 47.5 Å². The Morgan fingerprint density at radius 3 is 2.21 bits per heavy atom. The normalized spacial score (nSPS) is 11.4. The van der Waals surface area contributed by atoms with Gasteiger partial charge in [-0.2, -0.15) is 0 Å². The Morgan fingerprint density at radius 1 is 1.29 bits per heavy atom. The molecule has 0 aromatic rings. The van der Waals surface area contributed by atoms with Crippen LogP contribution >= 0.6 is 15.9 Å². The van der Waals surface area contributed by atoms with Crippen molar-refractivity contribution in [3.63, 3.8) is 0 Å². The first kappa shape index (κ1) is 15.9. The van der Waals surface area contributed by atoms with Gasteiger partial charge in [-0.1, -0.05) is 67.6 Å². The van der Waals surface area contributed by atoms with E-state index in [4.69, 9.17) is 0 Å². The van der Waals surface area contributed by atoms with E-state index < -0.39 is 0 Å². The van der Waals surface area contributed by atoms with E-state index >= 15 is 0 Å². The van der Waals surface area contributed by atoms with E-state index in [2.05, 4.69) is 48.2 Å². The Balaban J connectivity index is 0. The maximum atomic E-state index is 3.70. The minimum Gasteiger partial charge on any atom is -0.103 e. The molecule has 14 heavy (non-hydrogen) atoms. The highest BCUT2D eigenvalue weighted by atomic mass is 79.9. The van der Waals surface area contributed by atoms with Crippen LogP contribution in [-0.4, -0.2) is 0 Å². The lowest BCUT2D eigenvalue weighted by Crippen LogP contribution is -1.77. The van der Waals surface area contributed by atoms with Crippen molar-refractivity contribution in [2.24, 2.45) is 0 Å². The van der Waals surface area contributed by atoms with E-state index in [1.807, 2.05) is 26.0 Å². The second kappa shape index (κ2) is 12.4. The summed E-state index contributed by atoms with van der Waals surface area (Å²) >= 11 is 3.44. The molecule has 0 bridgehead atoms. The molecular weight excluding hydrogens is 236 g/mol. The molecule has 0 heterocycles. The molecular formula is C13H21Br. The summed E-state index contributed by atoms with van der Waals surface area (Å²) in [5, 5.41) is 0. The van der Waals surface area contributed by atoms with Crippen LogP contribution in [-0.2, 0) is 0 Å². The van der Waals surface area contributed by atoms with Crippen LogP contribution in [0.5, 0.6) is 0 Å². The predicted octanol–water partition coefficient (Wildman–Crippen LogP) is 5.39. The van der Waals surface area contributed by atoms with Gasteiger partial charge < -0.3 is 0 Å². The van der Waals surface area contributed by atoms with Crippen LogP contribution in [0.2, 0.25) is 0 Å². The van der Waals surface area contributed by atoms with Crippen molar-refractivity contribution in [1.29, 1.82) is 0 Å². The summed E-state index contributed by atoms with van der Waals surface area (Å²) in [5.74, 6) is 0. The van der Waals surface area contributed by atoms with Gasteiger partial charge in [-0.25, -0.2) is 0 Å². The SMILES string of the molecule is C=CC/C=C\C(CC)=C(\Br)C=C.CC. The van der Waals surface area contributed by atoms with Crippen molar-refractivity contribution in [2.45, 2.75) is 33.6 Å². The molecule has 0 spiro atoms. The topological polar surface area (TPSA) is 0 Å². The van der Waals surface area contributed by atoms with Crippen molar-refractivity contribution in [3.05, 3.63) is 47.5 Å². The molecule has 0 aliphatic carbocycles. The van der Waals surface area contributed by atoms with Crippen molar-refractivity contribution >= 4 is 15.9 Å². The van der Waals surface area contributed by atoms with Gasteiger partial charge in [0.15, 0.2) is 0 Å². The molecule has 0 N–H and O–H groups in total. The standard InChI is InChI=1S/C11H15Br.C2H6/c1-4-7-8-9-10(5-2)11(12)6-3;1-2/h4,6,8-9H,1,3,5,7H2,2H3;1-2H3/b9-8-,11-10+;. The first-order valence-corrected chi connectivity index (χ1v) is 5.84. The van der Waals surface area contributed by atoms with Gasteiger partial charge in [-0.15, -0.1) is 6.58 Å². The number of rotatable bonds is 5. The van der Waals surface area contributed by atoms with Gasteiger partial charge in [-0.05, 0) is 18.4 Å². The third kappa shape index (κ3) is 8.06. The van der Waals surface area contributed by atoms with Crippen molar-refractivity contribution < 1.29 is 0 Å². The summed E-state index contributed by atoms with van der Waals surface area (Å²) in [4.78, 5) is 0. The summed E-state index contributed by atoms with van der Waals surface area (Å²) in [6.45, 7) is 13.5. The highest BCUT2D eigenvalue weighted by Gasteiger charge is 1.92. The third-order valence-corrected chi connectivity index (χ3v) is 2.32. The summed E-state index contributed by atoms with van der Waals surface area (Å²) in [6.07, 6.45) is 9.83. The zero-order valence-corrected chi connectivity index (χ0v) is 11.1. The van der Waals surface area contributed by atoms with Crippen molar-refractivity contribution in [1.82, 2.24) is 0 Å². The Labute approximate surface area is 97.2 Å². The zero-order valence-electron chi connectivity index (χ0n) is 9.52. The summed E-state index contributed by atoms with van der Waals surface area (Å²) in [6, 6.07) is 0. The summed E-state index contributed by atoms with van der Waals surface area (Å²) in [5.41, 5.74) is 1.27. The van der Waals surface area contributed by atoms with Gasteiger partial charge in [0.25, 0.3) is 0 Å². The molecule has 0 aliphatic heterocycles. The van der Waals surface area contributed by atoms with Gasteiger partial charge in [0, 0.05) is 4.48 Å². The zero-order chi connectivity index (χ0) is 11.4. The average Bonchev–Trinajstić information content (AvgIpc) is 2.26. The van der Waals surface area contributed by atoms with E-state index in [9.17, 15) is 0 Å². The number of halogens is 1. The Bertz CT molecular complexity index is 209. The van der Waals surface area contributed by atoms with Crippen molar-refractivity contribution in [3.8, 4) is 0 Å². The van der Waals surface area contributed by atoms with Gasteiger partial charge >= 0.3 is 0 Å². The second-order valence-electron chi connectivity index (χ2n) is 2.36. The molecule has 0 unspecified atom stereocenters.